The van der Waals surface area contributed by atoms with Crippen LogP contribution < -0.4 is 5.73 Å². The van der Waals surface area contributed by atoms with Crippen LogP contribution in [0.15, 0.2) is 46.9 Å². The van der Waals surface area contributed by atoms with Crippen LogP contribution in [0, 0.1) is 6.92 Å². The van der Waals surface area contributed by atoms with Crippen molar-refractivity contribution >= 4 is 27.5 Å². The molecule has 0 aliphatic rings. The van der Waals surface area contributed by atoms with E-state index in [1.807, 2.05) is 25.1 Å². The Morgan fingerprint density at radius 1 is 1.24 bits per heavy atom. The number of halogens is 1. The summed E-state index contributed by atoms with van der Waals surface area (Å²) in [6.07, 6.45) is 0. The summed E-state index contributed by atoms with van der Waals surface area (Å²) in [6.45, 7) is 5.26. The third-order valence-electron chi connectivity index (χ3n) is 3.54. The van der Waals surface area contributed by atoms with E-state index in [4.69, 9.17) is 5.73 Å². The van der Waals surface area contributed by atoms with Gasteiger partial charge >= 0.3 is 0 Å². The molecule has 0 heterocycles. The van der Waals surface area contributed by atoms with Crippen LogP contribution in [0.1, 0.15) is 28.4 Å². The standard InChI is InChI=1S/C17H19BrN2O/c1-3-20(11-13-7-5-4-6-12(13)2)17(21)15-10-14(18)8-9-16(15)19/h4-10H,3,11,19H2,1-2H3. The molecule has 0 spiro atoms. The van der Waals surface area contributed by atoms with E-state index in [0.717, 1.165) is 10.0 Å². The van der Waals surface area contributed by atoms with Gasteiger partial charge in [-0.1, -0.05) is 40.2 Å². The average molecular weight is 347 g/mol. The van der Waals surface area contributed by atoms with Crippen LogP contribution in [0.5, 0.6) is 0 Å². The predicted octanol–water partition coefficient (Wildman–Crippen LogP) is 4.00. The topological polar surface area (TPSA) is 46.3 Å². The summed E-state index contributed by atoms with van der Waals surface area (Å²) < 4.78 is 0.854. The van der Waals surface area contributed by atoms with Crippen LogP contribution in [0.25, 0.3) is 0 Å². The maximum absolute atomic E-state index is 12.7. The summed E-state index contributed by atoms with van der Waals surface area (Å²) in [6, 6.07) is 13.5. The van der Waals surface area contributed by atoms with Crippen molar-refractivity contribution in [3.05, 3.63) is 63.6 Å². The molecular weight excluding hydrogens is 328 g/mol. The second-order valence-corrected chi connectivity index (χ2v) is 5.89. The predicted molar refractivity (Wildman–Crippen MR) is 90.1 cm³/mol. The van der Waals surface area contributed by atoms with Crippen LogP contribution >= 0.6 is 15.9 Å². The number of rotatable bonds is 4. The Morgan fingerprint density at radius 2 is 1.95 bits per heavy atom. The van der Waals surface area contributed by atoms with E-state index < -0.39 is 0 Å². The fourth-order valence-electron chi connectivity index (χ4n) is 2.20. The molecule has 0 aliphatic carbocycles. The molecule has 21 heavy (non-hydrogen) atoms. The molecule has 0 fully saturated rings. The fourth-order valence-corrected chi connectivity index (χ4v) is 2.57. The smallest absolute Gasteiger partial charge is 0.256 e. The molecule has 2 aromatic rings. The summed E-state index contributed by atoms with van der Waals surface area (Å²) in [5.74, 6) is -0.0421. The first-order valence-corrected chi connectivity index (χ1v) is 7.71. The molecule has 3 nitrogen and oxygen atoms in total. The number of amides is 1. The second-order valence-electron chi connectivity index (χ2n) is 4.98. The number of hydrogen-bond acceptors (Lipinski definition) is 2. The normalized spacial score (nSPS) is 10.4. The molecule has 1 amide bonds. The molecule has 0 aromatic heterocycles. The first kappa shape index (κ1) is 15.6. The molecule has 0 bridgehead atoms. The minimum Gasteiger partial charge on any atom is -0.398 e. The quantitative estimate of drug-likeness (QED) is 0.850. The van der Waals surface area contributed by atoms with Gasteiger partial charge in [0.15, 0.2) is 0 Å². The Labute approximate surface area is 133 Å². The summed E-state index contributed by atoms with van der Waals surface area (Å²) in [5.41, 5.74) is 9.33. The third kappa shape index (κ3) is 3.64. The van der Waals surface area contributed by atoms with Crippen molar-refractivity contribution in [2.75, 3.05) is 12.3 Å². The SMILES string of the molecule is CCN(Cc1ccccc1C)C(=O)c1cc(Br)ccc1N. The Bertz CT molecular complexity index is 655. The number of anilines is 1. The van der Waals surface area contributed by atoms with Gasteiger partial charge in [0.25, 0.3) is 5.91 Å². The Hall–Kier alpha value is -1.81. The molecule has 2 N–H and O–H groups in total. The van der Waals surface area contributed by atoms with Crippen molar-refractivity contribution in [2.24, 2.45) is 0 Å². The van der Waals surface area contributed by atoms with Gasteiger partial charge in [-0.25, -0.2) is 0 Å². The van der Waals surface area contributed by atoms with E-state index >= 15 is 0 Å². The fraction of sp³-hybridized carbons (Fsp3) is 0.235. The van der Waals surface area contributed by atoms with E-state index in [9.17, 15) is 4.79 Å². The lowest BCUT2D eigenvalue weighted by Gasteiger charge is -2.23. The summed E-state index contributed by atoms with van der Waals surface area (Å²) >= 11 is 3.39. The van der Waals surface area contributed by atoms with E-state index in [1.54, 1.807) is 17.0 Å². The lowest BCUT2D eigenvalue weighted by atomic mass is 10.1. The lowest BCUT2D eigenvalue weighted by Crippen LogP contribution is -2.31. The van der Waals surface area contributed by atoms with Crippen molar-refractivity contribution < 1.29 is 4.79 Å². The molecule has 2 rings (SSSR count). The van der Waals surface area contributed by atoms with E-state index in [2.05, 4.69) is 35.0 Å². The summed E-state index contributed by atoms with van der Waals surface area (Å²) in [5, 5.41) is 0. The number of hydrogen-bond donors (Lipinski definition) is 1. The van der Waals surface area contributed by atoms with Crippen LogP contribution in [0.3, 0.4) is 0 Å². The minimum absolute atomic E-state index is 0.0421. The molecule has 0 atom stereocenters. The van der Waals surface area contributed by atoms with Crippen LogP contribution in [0.4, 0.5) is 5.69 Å². The van der Waals surface area contributed by atoms with E-state index in [0.29, 0.717) is 24.3 Å². The minimum atomic E-state index is -0.0421. The highest BCUT2D eigenvalue weighted by Gasteiger charge is 2.18. The number of nitrogen functional groups attached to an aromatic ring is 1. The molecule has 0 saturated heterocycles. The van der Waals surface area contributed by atoms with Crippen LogP contribution in [0.2, 0.25) is 0 Å². The van der Waals surface area contributed by atoms with Gasteiger partial charge in [-0.15, -0.1) is 0 Å². The Morgan fingerprint density at radius 3 is 2.62 bits per heavy atom. The first-order valence-electron chi connectivity index (χ1n) is 6.91. The van der Waals surface area contributed by atoms with Crippen molar-refractivity contribution in [1.82, 2.24) is 4.90 Å². The van der Waals surface area contributed by atoms with Crippen molar-refractivity contribution in [1.29, 1.82) is 0 Å². The molecule has 0 aliphatic heterocycles. The number of benzene rings is 2. The van der Waals surface area contributed by atoms with Gasteiger partial charge in [-0.3, -0.25) is 4.79 Å². The maximum atomic E-state index is 12.7. The van der Waals surface area contributed by atoms with Gasteiger partial charge in [0.1, 0.15) is 0 Å². The highest BCUT2D eigenvalue weighted by Crippen LogP contribution is 2.21. The van der Waals surface area contributed by atoms with Gasteiger partial charge in [-0.05, 0) is 43.2 Å². The van der Waals surface area contributed by atoms with Gasteiger partial charge < -0.3 is 10.6 Å². The lowest BCUT2D eigenvalue weighted by molar-refractivity contribution is 0.0753. The van der Waals surface area contributed by atoms with Crippen LogP contribution in [-0.2, 0) is 6.54 Å². The number of carbonyl (C=O) groups excluding carboxylic acids is 1. The van der Waals surface area contributed by atoms with Crippen molar-refractivity contribution in [3.8, 4) is 0 Å². The largest absolute Gasteiger partial charge is 0.398 e. The summed E-state index contributed by atoms with van der Waals surface area (Å²) in [7, 11) is 0. The van der Waals surface area contributed by atoms with Crippen molar-refractivity contribution in [2.45, 2.75) is 20.4 Å². The average Bonchev–Trinajstić information content (AvgIpc) is 2.48. The van der Waals surface area contributed by atoms with Crippen molar-refractivity contribution in [3.63, 3.8) is 0 Å². The zero-order valence-electron chi connectivity index (χ0n) is 12.3. The molecule has 4 heteroatoms. The van der Waals surface area contributed by atoms with Crippen LogP contribution in [-0.4, -0.2) is 17.4 Å². The Kier molecular flexibility index (Phi) is 5.02. The Balaban J connectivity index is 2.27. The maximum Gasteiger partial charge on any atom is 0.256 e. The molecule has 0 radical (unpaired) electrons. The monoisotopic (exact) mass is 346 g/mol. The first-order chi connectivity index (χ1) is 10.0. The van der Waals surface area contributed by atoms with Gasteiger partial charge in [0.2, 0.25) is 0 Å². The van der Waals surface area contributed by atoms with Gasteiger partial charge in [0.05, 0.1) is 5.56 Å². The summed E-state index contributed by atoms with van der Waals surface area (Å²) in [4.78, 5) is 14.5. The number of nitrogens with zero attached hydrogens (tertiary/aromatic N) is 1. The molecular formula is C17H19BrN2O. The zero-order valence-corrected chi connectivity index (χ0v) is 13.9. The third-order valence-corrected chi connectivity index (χ3v) is 4.03. The van der Waals surface area contributed by atoms with Gasteiger partial charge in [0, 0.05) is 23.2 Å². The van der Waals surface area contributed by atoms with E-state index in [1.165, 1.54) is 5.56 Å². The number of aryl methyl sites for hydroxylation is 1. The molecule has 110 valence electrons. The number of nitrogens with two attached hydrogens (primary N) is 1. The highest BCUT2D eigenvalue weighted by molar-refractivity contribution is 9.10. The molecule has 2 aromatic carbocycles. The molecule has 0 saturated carbocycles. The van der Waals surface area contributed by atoms with Gasteiger partial charge in [-0.2, -0.15) is 0 Å². The van der Waals surface area contributed by atoms with E-state index in [-0.39, 0.29) is 5.91 Å². The zero-order chi connectivity index (χ0) is 15.4. The molecule has 0 unspecified atom stereocenters. The highest BCUT2D eigenvalue weighted by atomic mass is 79.9. The number of carbonyl (C=O) groups is 1. The second kappa shape index (κ2) is 6.76.